The molecule has 1 aromatic rings. The quantitative estimate of drug-likeness (QED) is 0.821. The largest absolute Gasteiger partial charge is 0.465 e. The molecule has 0 spiro atoms. The van der Waals surface area contributed by atoms with Crippen LogP contribution in [0.4, 0.5) is 0 Å². The van der Waals surface area contributed by atoms with Gasteiger partial charge in [-0.25, -0.2) is 13.2 Å². The fraction of sp³-hybridized carbons (Fsp3) is 0.533. The van der Waals surface area contributed by atoms with Gasteiger partial charge in [-0.05, 0) is 37.4 Å². The van der Waals surface area contributed by atoms with Crippen molar-refractivity contribution in [3.63, 3.8) is 0 Å². The van der Waals surface area contributed by atoms with Crippen molar-refractivity contribution in [2.24, 2.45) is 11.1 Å². The predicted octanol–water partition coefficient (Wildman–Crippen LogP) is 1.56. The second kappa shape index (κ2) is 7.17. The molecule has 6 nitrogen and oxygen atoms in total. The number of benzene rings is 1. The topological polar surface area (TPSA) is 89.7 Å². The Balaban J connectivity index is 0.00000264. The first-order valence-corrected chi connectivity index (χ1v) is 8.57. The van der Waals surface area contributed by atoms with E-state index in [1.807, 2.05) is 6.92 Å². The molecule has 2 N–H and O–H groups in total. The molecule has 0 amide bonds. The van der Waals surface area contributed by atoms with E-state index in [9.17, 15) is 13.2 Å². The molecule has 130 valence electrons. The Morgan fingerprint density at radius 2 is 2.09 bits per heavy atom. The van der Waals surface area contributed by atoms with Crippen LogP contribution in [0.1, 0.15) is 29.3 Å². The van der Waals surface area contributed by atoms with E-state index < -0.39 is 16.0 Å². The minimum atomic E-state index is -3.75. The van der Waals surface area contributed by atoms with Gasteiger partial charge in [0.2, 0.25) is 10.0 Å². The lowest BCUT2D eigenvalue weighted by Gasteiger charge is -2.23. The second-order valence-electron chi connectivity index (χ2n) is 6.09. The Kier molecular flexibility index (Phi) is 6.20. The monoisotopic (exact) mass is 362 g/mol. The number of hydrogen-bond acceptors (Lipinski definition) is 5. The summed E-state index contributed by atoms with van der Waals surface area (Å²) < 4.78 is 31.8. The van der Waals surface area contributed by atoms with Crippen molar-refractivity contribution >= 4 is 28.4 Å². The predicted molar refractivity (Wildman–Crippen MR) is 90.3 cm³/mol. The maximum atomic E-state index is 12.9. The number of nitrogens with two attached hydrogens (primary N) is 1. The SMILES string of the molecule is COC(=O)c1cc(C)ccc1S(=O)(=O)N1CCC(C)(CN)C1.Cl. The summed E-state index contributed by atoms with van der Waals surface area (Å²) in [5.74, 6) is -0.650. The lowest BCUT2D eigenvalue weighted by Crippen LogP contribution is -2.35. The van der Waals surface area contributed by atoms with Crippen LogP contribution in [-0.4, -0.2) is 45.4 Å². The maximum Gasteiger partial charge on any atom is 0.339 e. The summed E-state index contributed by atoms with van der Waals surface area (Å²) in [5, 5.41) is 0. The molecule has 8 heteroatoms. The second-order valence-corrected chi connectivity index (χ2v) is 8.00. The van der Waals surface area contributed by atoms with Gasteiger partial charge in [-0.3, -0.25) is 0 Å². The van der Waals surface area contributed by atoms with Crippen molar-refractivity contribution in [2.75, 3.05) is 26.7 Å². The summed E-state index contributed by atoms with van der Waals surface area (Å²) in [6, 6.07) is 4.68. The summed E-state index contributed by atoms with van der Waals surface area (Å²) in [6.07, 6.45) is 0.710. The first kappa shape index (κ1) is 19.9. The Bertz CT molecular complexity index is 693. The third-order valence-electron chi connectivity index (χ3n) is 4.17. The highest BCUT2D eigenvalue weighted by Crippen LogP contribution is 2.33. The van der Waals surface area contributed by atoms with E-state index in [1.165, 1.54) is 23.5 Å². The first-order valence-electron chi connectivity index (χ1n) is 7.13. The number of carbonyl (C=O) groups excluding carboxylic acids is 1. The van der Waals surface area contributed by atoms with E-state index in [0.29, 0.717) is 26.1 Å². The van der Waals surface area contributed by atoms with E-state index in [-0.39, 0.29) is 28.3 Å². The Morgan fingerprint density at radius 1 is 1.43 bits per heavy atom. The van der Waals surface area contributed by atoms with Crippen molar-refractivity contribution < 1.29 is 17.9 Å². The van der Waals surface area contributed by atoms with Crippen molar-refractivity contribution in [3.05, 3.63) is 29.3 Å². The van der Waals surface area contributed by atoms with Gasteiger partial charge in [0.25, 0.3) is 0 Å². The summed E-state index contributed by atoms with van der Waals surface area (Å²) in [5.41, 5.74) is 6.39. The fourth-order valence-electron chi connectivity index (χ4n) is 2.63. The first-order chi connectivity index (χ1) is 10.2. The van der Waals surface area contributed by atoms with Gasteiger partial charge in [-0.1, -0.05) is 18.6 Å². The number of sulfonamides is 1. The van der Waals surface area contributed by atoms with Crippen LogP contribution in [0.25, 0.3) is 0 Å². The van der Waals surface area contributed by atoms with E-state index in [4.69, 9.17) is 10.5 Å². The number of methoxy groups -OCH3 is 1. The lowest BCUT2D eigenvalue weighted by molar-refractivity contribution is 0.0596. The highest BCUT2D eigenvalue weighted by Gasteiger charge is 2.40. The number of halogens is 1. The summed E-state index contributed by atoms with van der Waals surface area (Å²) in [4.78, 5) is 11.9. The molecule has 2 rings (SSSR count). The van der Waals surface area contributed by atoms with Crippen molar-refractivity contribution in [1.82, 2.24) is 4.31 Å². The molecule has 1 aliphatic heterocycles. The van der Waals surface area contributed by atoms with Crippen LogP contribution in [0.5, 0.6) is 0 Å². The average Bonchev–Trinajstić information content (AvgIpc) is 2.90. The highest BCUT2D eigenvalue weighted by molar-refractivity contribution is 7.89. The molecule has 0 aliphatic carbocycles. The molecule has 0 saturated carbocycles. The Morgan fingerprint density at radius 3 is 2.61 bits per heavy atom. The molecule has 0 radical (unpaired) electrons. The average molecular weight is 363 g/mol. The van der Waals surface area contributed by atoms with Gasteiger partial charge < -0.3 is 10.5 Å². The Labute approximate surface area is 143 Å². The zero-order chi connectivity index (χ0) is 16.5. The molecule has 1 saturated heterocycles. The van der Waals surface area contributed by atoms with Gasteiger partial charge in [0.1, 0.15) is 0 Å². The molecular weight excluding hydrogens is 340 g/mol. The molecule has 1 atom stereocenters. The smallest absolute Gasteiger partial charge is 0.339 e. The minimum Gasteiger partial charge on any atom is -0.465 e. The summed E-state index contributed by atoms with van der Waals surface area (Å²) >= 11 is 0. The summed E-state index contributed by atoms with van der Waals surface area (Å²) in [7, 11) is -2.51. The van der Waals surface area contributed by atoms with Crippen LogP contribution in [0.15, 0.2) is 23.1 Å². The zero-order valence-corrected chi connectivity index (χ0v) is 15.2. The third kappa shape index (κ3) is 3.85. The van der Waals surface area contributed by atoms with Crippen LogP contribution in [0, 0.1) is 12.3 Å². The van der Waals surface area contributed by atoms with E-state index >= 15 is 0 Å². The van der Waals surface area contributed by atoms with Gasteiger partial charge in [-0.15, -0.1) is 12.4 Å². The molecule has 1 aliphatic rings. The molecule has 1 fully saturated rings. The van der Waals surface area contributed by atoms with Crippen molar-refractivity contribution in [3.8, 4) is 0 Å². The summed E-state index contributed by atoms with van der Waals surface area (Å²) in [6.45, 7) is 4.96. The van der Waals surface area contributed by atoms with Gasteiger partial charge in [0.15, 0.2) is 0 Å². The van der Waals surface area contributed by atoms with E-state index in [0.717, 1.165) is 5.56 Å². The molecule has 0 bridgehead atoms. The Hall–Kier alpha value is -1.15. The van der Waals surface area contributed by atoms with Crippen LogP contribution >= 0.6 is 12.4 Å². The molecule has 1 heterocycles. The standard InChI is InChI=1S/C15H22N2O4S.ClH/c1-11-4-5-13(12(8-11)14(18)21-3)22(19,20)17-7-6-15(2,9-16)10-17;/h4-5,8H,6-7,9-10,16H2,1-3H3;1H. The van der Waals surface area contributed by atoms with Crippen LogP contribution < -0.4 is 5.73 Å². The zero-order valence-electron chi connectivity index (χ0n) is 13.5. The normalized spacial score (nSPS) is 21.7. The van der Waals surface area contributed by atoms with Crippen LogP contribution in [0.2, 0.25) is 0 Å². The van der Waals surface area contributed by atoms with Gasteiger partial charge in [0, 0.05) is 13.1 Å². The van der Waals surface area contributed by atoms with Gasteiger partial charge in [0.05, 0.1) is 17.6 Å². The van der Waals surface area contributed by atoms with Crippen LogP contribution in [0.3, 0.4) is 0 Å². The molecule has 23 heavy (non-hydrogen) atoms. The van der Waals surface area contributed by atoms with Gasteiger partial charge in [-0.2, -0.15) is 4.31 Å². The minimum absolute atomic E-state index is 0. The number of esters is 1. The number of ether oxygens (including phenoxy) is 1. The van der Waals surface area contributed by atoms with Gasteiger partial charge >= 0.3 is 5.97 Å². The highest BCUT2D eigenvalue weighted by atomic mass is 35.5. The van der Waals surface area contributed by atoms with E-state index in [1.54, 1.807) is 13.0 Å². The molecular formula is C15H23ClN2O4S. The third-order valence-corrected chi connectivity index (χ3v) is 6.08. The number of nitrogens with zero attached hydrogens (tertiary/aromatic N) is 1. The number of hydrogen-bond donors (Lipinski definition) is 1. The molecule has 0 aromatic heterocycles. The molecule has 1 unspecified atom stereocenters. The number of aryl methyl sites for hydroxylation is 1. The maximum absolute atomic E-state index is 12.9. The fourth-order valence-corrected chi connectivity index (χ4v) is 4.38. The number of rotatable bonds is 4. The molecule has 1 aromatic carbocycles. The van der Waals surface area contributed by atoms with Crippen molar-refractivity contribution in [2.45, 2.75) is 25.2 Å². The lowest BCUT2D eigenvalue weighted by atomic mass is 9.90. The van der Waals surface area contributed by atoms with Crippen LogP contribution in [-0.2, 0) is 14.8 Å². The van der Waals surface area contributed by atoms with Crippen molar-refractivity contribution in [1.29, 1.82) is 0 Å². The van der Waals surface area contributed by atoms with E-state index in [2.05, 4.69) is 0 Å². The number of carbonyl (C=O) groups is 1.